The van der Waals surface area contributed by atoms with Crippen molar-refractivity contribution in [3.63, 3.8) is 0 Å². The molecule has 2 aromatic carbocycles. The van der Waals surface area contributed by atoms with Crippen LogP contribution >= 0.6 is 0 Å². The Morgan fingerprint density at radius 3 is 2.07 bits per heavy atom. The van der Waals surface area contributed by atoms with E-state index in [1.807, 2.05) is 60.7 Å². The molecule has 1 atom stereocenters. The van der Waals surface area contributed by atoms with Crippen molar-refractivity contribution in [1.29, 1.82) is 0 Å². The van der Waals surface area contributed by atoms with Crippen LogP contribution in [-0.2, 0) is 32.1 Å². The van der Waals surface area contributed by atoms with Gasteiger partial charge in [-0.05, 0) is 25.0 Å². The fourth-order valence-corrected chi connectivity index (χ4v) is 2.91. The van der Waals surface area contributed by atoms with Crippen LogP contribution in [0.2, 0.25) is 0 Å². The third-order valence-electron chi connectivity index (χ3n) is 4.36. The minimum atomic E-state index is -0.870. The van der Waals surface area contributed by atoms with Gasteiger partial charge in [0.25, 0.3) is 0 Å². The Kier molecular flexibility index (Phi) is 8.41. The van der Waals surface area contributed by atoms with E-state index in [2.05, 4.69) is 10.6 Å². The highest BCUT2D eigenvalue weighted by Crippen LogP contribution is 2.11. The number of nitrogens with one attached hydrogen (secondary N) is 2. The number of amides is 2. The lowest BCUT2D eigenvalue weighted by atomic mass is 9.99. The second kappa shape index (κ2) is 11.0. The average molecular weight is 412 g/mol. The van der Waals surface area contributed by atoms with Gasteiger partial charge in [0, 0.05) is 18.4 Å². The molecule has 0 aliphatic rings. The van der Waals surface area contributed by atoms with Crippen LogP contribution in [0, 0.1) is 0 Å². The van der Waals surface area contributed by atoms with Gasteiger partial charge in [-0.15, -0.1) is 0 Å². The number of carbonyl (C=O) groups excluding carboxylic acids is 3. The molecule has 2 aromatic rings. The van der Waals surface area contributed by atoms with Crippen molar-refractivity contribution in [2.24, 2.45) is 0 Å². The van der Waals surface area contributed by atoms with Gasteiger partial charge in [-0.25, -0.2) is 9.59 Å². The van der Waals surface area contributed by atoms with Gasteiger partial charge in [0.1, 0.15) is 12.6 Å². The van der Waals surface area contributed by atoms with E-state index in [9.17, 15) is 14.4 Å². The molecule has 7 heteroatoms. The van der Waals surface area contributed by atoms with Crippen LogP contribution in [0.5, 0.6) is 0 Å². The highest BCUT2D eigenvalue weighted by atomic mass is 16.5. The van der Waals surface area contributed by atoms with Gasteiger partial charge in [0.2, 0.25) is 5.91 Å². The second-order valence-electron chi connectivity index (χ2n) is 7.58. The molecule has 160 valence electrons. The summed E-state index contributed by atoms with van der Waals surface area (Å²) < 4.78 is 10.0. The Labute approximate surface area is 176 Å². The summed E-state index contributed by atoms with van der Waals surface area (Å²) in [5.74, 6) is -0.907. The molecule has 0 bridgehead atoms. The number of alkyl carbamates (subject to hydrolysis) is 1. The number of benzene rings is 2. The second-order valence-corrected chi connectivity index (χ2v) is 7.58. The SMILES string of the molecule is COC(=O)[C@@H](Cc1ccccc1)NC(=O)CC(C)(C)NC(=O)OCc1ccccc1. The summed E-state index contributed by atoms with van der Waals surface area (Å²) in [6.07, 6.45) is -0.340. The van der Waals surface area contributed by atoms with Gasteiger partial charge >= 0.3 is 12.1 Å². The van der Waals surface area contributed by atoms with E-state index in [0.717, 1.165) is 11.1 Å². The largest absolute Gasteiger partial charge is 0.467 e. The molecule has 0 saturated carbocycles. The summed E-state index contributed by atoms with van der Waals surface area (Å²) in [7, 11) is 1.28. The van der Waals surface area contributed by atoms with Crippen LogP contribution in [0.3, 0.4) is 0 Å². The zero-order valence-corrected chi connectivity index (χ0v) is 17.5. The molecule has 7 nitrogen and oxygen atoms in total. The third kappa shape index (κ3) is 7.95. The van der Waals surface area contributed by atoms with Gasteiger partial charge in [-0.3, -0.25) is 4.79 Å². The maximum absolute atomic E-state index is 12.5. The Morgan fingerprint density at radius 1 is 0.933 bits per heavy atom. The third-order valence-corrected chi connectivity index (χ3v) is 4.36. The van der Waals surface area contributed by atoms with Crippen molar-refractivity contribution in [2.45, 2.75) is 44.9 Å². The van der Waals surface area contributed by atoms with Crippen molar-refractivity contribution in [2.75, 3.05) is 7.11 Å². The molecule has 0 saturated heterocycles. The molecule has 2 amide bonds. The molecular weight excluding hydrogens is 384 g/mol. The van der Waals surface area contributed by atoms with Crippen molar-refractivity contribution < 1.29 is 23.9 Å². The smallest absolute Gasteiger partial charge is 0.407 e. The van der Waals surface area contributed by atoms with E-state index < -0.39 is 23.6 Å². The van der Waals surface area contributed by atoms with Gasteiger partial charge in [0.05, 0.1) is 7.11 Å². The van der Waals surface area contributed by atoms with Crippen molar-refractivity contribution >= 4 is 18.0 Å². The van der Waals surface area contributed by atoms with E-state index in [1.165, 1.54) is 7.11 Å². The Bertz CT molecular complexity index is 837. The first kappa shape index (κ1) is 22.9. The number of esters is 1. The molecular formula is C23H28N2O5. The van der Waals surface area contributed by atoms with Crippen LogP contribution in [0.4, 0.5) is 4.79 Å². The number of methoxy groups -OCH3 is 1. The first-order chi connectivity index (χ1) is 14.3. The fraction of sp³-hybridized carbons (Fsp3) is 0.348. The lowest BCUT2D eigenvalue weighted by molar-refractivity contribution is -0.145. The Morgan fingerprint density at radius 2 is 1.50 bits per heavy atom. The average Bonchev–Trinajstić information content (AvgIpc) is 2.72. The van der Waals surface area contributed by atoms with Crippen molar-refractivity contribution in [1.82, 2.24) is 10.6 Å². The van der Waals surface area contributed by atoms with Crippen molar-refractivity contribution in [3.8, 4) is 0 Å². The molecule has 2 rings (SSSR count). The lowest BCUT2D eigenvalue weighted by Gasteiger charge is -2.26. The van der Waals surface area contributed by atoms with Gasteiger partial charge in [-0.1, -0.05) is 60.7 Å². The van der Waals surface area contributed by atoms with Crippen LogP contribution in [-0.4, -0.2) is 36.7 Å². The number of hydrogen-bond donors (Lipinski definition) is 2. The molecule has 2 N–H and O–H groups in total. The maximum Gasteiger partial charge on any atom is 0.407 e. The van der Waals surface area contributed by atoms with Gasteiger partial charge in [0.15, 0.2) is 0 Å². The molecule has 0 aliphatic heterocycles. The zero-order valence-electron chi connectivity index (χ0n) is 17.5. The molecule has 30 heavy (non-hydrogen) atoms. The van der Waals surface area contributed by atoms with E-state index in [1.54, 1.807) is 13.8 Å². The van der Waals surface area contributed by atoms with Gasteiger partial charge < -0.3 is 20.1 Å². The summed E-state index contributed by atoms with van der Waals surface area (Å²) in [5.41, 5.74) is 0.894. The van der Waals surface area contributed by atoms with E-state index >= 15 is 0 Å². The van der Waals surface area contributed by atoms with E-state index in [0.29, 0.717) is 6.42 Å². The summed E-state index contributed by atoms with van der Waals surface area (Å²) in [6.45, 7) is 3.55. The van der Waals surface area contributed by atoms with E-state index in [4.69, 9.17) is 9.47 Å². The fourth-order valence-electron chi connectivity index (χ4n) is 2.91. The standard InChI is InChI=1S/C23H28N2O5/c1-23(2,25-22(28)30-16-18-12-8-5-9-13-18)15-20(26)24-19(21(27)29-3)14-17-10-6-4-7-11-17/h4-13,19H,14-16H2,1-3H3,(H,24,26)(H,25,28)/t19-/m1/s1. The summed E-state index contributed by atoms with van der Waals surface area (Å²) in [5, 5.41) is 5.38. The summed E-state index contributed by atoms with van der Waals surface area (Å²) in [6, 6.07) is 17.8. The first-order valence-electron chi connectivity index (χ1n) is 9.69. The molecule has 0 aliphatic carbocycles. The van der Waals surface area contributed by atoms with Crippen LogP contribution < -0.4 is 10.6 Å². The predicted molar refractivity (Wildman–Crippen MR) is 113 cm³/mol. The molecule has 0 heterocycles. The monoisotopic (exact) mass is 412 g/mol. The molecule has 0 aromatic heterocycles. The Balaban J connectivity index is 1.87. The van der Waals surface area contributed by atoms with Crippen molar-refractivity contribution in [3.05, 3.63) is 71.8 Å². The lowest BCUT2D eigenvalue weighted by Crippen LogP contribution is -2.50. The number of ether oxygens (including phenoxy) is 2. The molecule has 0 radical (unpaired) electrons. The quantitative estimate of drug-likeness (QED) is 0.618. The first-order valence-corrected chi connectivity index (χ1v) is 9.69. The highest BCUT2D eigenvalue weighted by Gasteiger charge is 2.28. The highest BCUT2D eigenvalue weighted by molar-refractivity contribution is 5.85. The van der Waals surface area contributed by atoms with E-state index in [-0.39, 0.29) is 18.9 Å². The molecule has 0 unspecified atom stereocenters. The minimum absolute atomic E-state index is 0.0320. The minimum Gasteiger partial charge on any atom is -0.467 e. The zero-order chi connectivity index (χ0) is 22.0. The number of hydrogen-bond acceptors (Lipinski definition) is 5. The van der Waals surface area contributed by atoms with Crippen LogP contribution in [0.1, 0.15) is 31.4 Å². The number of rotatable bonds is 9. The molecule has 0 fully saturated rings. The summed E-state index contributed by atoms with van der Waals surface area (Å²) in [4.78, 5) is 36.7. The number of carbonyl (C=O) groups is 3. The molecule has 0 spiro atoms. The predicted octanol–water partition coefficient (Wildman–Crippen LogP) is 2.98. The Hall–Kier alpha value is -3.35. The normalized spacial score (nSPS) is 11.8. The topological polar surface area (TPSA) is 93.7 Å². The van der Waals surface area contributed by atoms with Gasteiger partial charge in [-0.2, -0.15) is 0 Å². The van der Waals surface area contributed by atoms with Crippen LogP contribution in [0.25, 0.3) is 0 Å². The van der Waals surface area contributed by atoms with Crippen LogP contribution in [0.15, 0.2) is 60.7 Å². The maximum atomic E-state index is 12.5. The summed E-state index contributed by atoms with van der Waals surface area (Å²) >= 11 is 0.